The second-order valence-electron chi connectivity index (χ2n) is 19.7. The van der Waals surface area contributed by atoms with Crippen LogP contribution in [0.25, 0.3) is 89.7 Å². The first-order valence-electron chi connectivity index (χ1n) is 26.6. The second kappa shape index (κ2) is 22.4. The average Bonchev–Trinajstić information content (AvgIpc) is 3.52. The van der Waals surface area contributed by atoms with E-state index in [1.165, 1.54) is 66.8 Å². The second-order valence-corrected chi connectivity index (χ2v) is 19.7. The lowest BCUT2D eigenvalue weighted by molar-refractivity contribution is 0.929. The molecule has 3 aromatic heterocycles. The number of pyridine rings is 3. The number of rotatable bonds is 15. The van der Waals surface area contributed by atoms with Gasteiger partial charge in [0.15, 0.2) is 0 Å². The molecule has 0 spiro atoms. The van der Waals surface area contributed by atoms with Crippen LogP contribution >= 0.6 is 0 Å². The van der Waals surface area contributed by atoms with Crippen molar-refractivity contribution < 1.29 is 0 Å². The van der Waals surface area contributed by atoms with E-state index < -0.39 is 0 Å². The quantitative estimate of drug-likeness (QED) is 0.103. The molecule has 0 saturated heterocycles. The Hall–Kier alpha value is -9.31. The van der Waals surface area contributed by atoms with Crippen LogP contribution in [0.5, 0.6) is 0 Å². The fraction of sp³-hybridized carbons (Fsp3) is 0.0822. The standard InChI is InChI=1S/C73H57N3/c1-4-16-56(17-5-1)57-41-43-58(44-42-57)68-51-63(69-24-12-13-47-74-69)45-46-67(68)66-23-11-10-22-65(66)64-49-54(31-29-52-33-37-61(38-34-52)72-27-14-25-70(75-72)59-18-6-2-7-19-59)48-55(50-64)32-30-53-35-39-62(40-36-53)73-28-15-26-71(76-73)60-20-8-3-9-21-60/h1-9,12-28,33-51H,10-11,29-32H2. The van der Waals surface area contributed by atoms with E-state index in [1.54, 1.807) is 0 Å². The molecule has 76 heavy (non-hydrogen) atoms. The Bertz CT molecular complexity index is 3660. The number of nitrogens with zero attached hydrogens (tertiary/aromatic N) is 3. The highest BCUT2D eigenvalue weighted by Gasteiger charge is 2.20. The number of benzene rings is 8. The Labute approximate surface area is 447 Å². The van der Waals surface area contributed by atoms with Crippen molar-refractivity contribution in [1.29, 1.82) is 0 Å². The van der Waals surface area contributed by atoms with Crippen LogP contribution in [0.15, 0.2) is 273 Å². The Balaban J connectivity index is 0.855. The van der Waals surface area contributed by atoms with Gasteiger partial charge in [0, 0.05) is 34.0 Å². The van der Waals surface area contributed by atoms with Crippen molar-refractivity contribution in [3.63, 3.8) is 0 Å². The van der Waals surface area contributed by atoms with Gasteiger partial charge in [-0.1, -0.05) is 224 Å². The summed E-state index contributed by atoms with van der Waals surface area (Å²) in [4.78, 5) is 14.9. The third-order valence-corrected chi connectivity index (χ3v) is 14.6. The monoisotopic (exact) mass is 975 g/mol. The minimum Gasteiger partial charge on any atom is -0.256 e. The number of aryl methyl sites for hydroxylation is 4. The average molecular weight is 976 g/mol. The molecule has 0 fully saturated rings. The molecule has 0 bridgehead atoms. The molecule has 1 aliphatic rings. The van der Waals surface area contributed by atoms with Gasteiger partial charge in [0.2, 0.25) is 0 Å². The Morgan fingerprint density at radius 2 is 0.658 bits per heavy atom. The summed E-state index contributed by atoms with van der Waals surface area (Å²) in [5.74, 6) is 0. The Kier molecular flexibility index (Phi) is 14.1. The predicted octanol–water partition coefficient (Wildman–Crippen LogP) is 18.4. The SMILES string of the molecule is C1=C(c2cc(CCc3ccc(-c4cccc(-c5ccccc5)n4)cc3)cc(CCc3ccc(-c4cccc(-c5ccccc5)n4)cc3)c2)C(c2ccc(-c3ccccn3)cc2-c2ccc(-c3ccccc3)cc2)=CCC1. The predicted molar refractivity (Wildman–Crippen MR) is 317 cm³/mol. The van der Waals surface area contributed by atoms with Crippen LogP contribution < -0.4 is 0 Å². The van der Waals surface area contributed by atoms with Gasteiger partial charge in [-0.05, 0) is 148 Å². The van der Waals surface area contributed by atoms with E-state index in [2.05, 4.69) is 249 Å². The molecule has 0 atom stereocenters. The summed E-state index contributed by atoms with van der Waals surface area (Å²) in [5.41, 5.74) is 25.7. The van der Waals surface area contributed by atoms with Crippen molar-refractivity contribution in [2.45, 2.75) is 38.5 Å². The molecule has 1 aliphatic carbocycles. The lowest BCUT2D eigenvalue weighted by Crippen LogP contribution is -2.02. The smallest absolute Gasteiger partial charge is 0.0709 e. The molecule has 12 rings (SSSR count). The highest BCUT2D eigenvalue weighted by Crippen LogP contribution is 2.42. The van der Waals surface area contributed by atoms with Gasteiger partial charge >= 0.3 is 0 Å². The molecule has 0 radical (unpaired) electrons. The molecular formula is C73H57N3. The van der Waals surface area contributed by atoms with Gasteiger partial charge in [-0.2, -0.15) is 0 Å². The van der Waals surface area contributed by atoms with Crippen LogP contribution in [0.4, 0.5) is 0 Å². The summed E-state index contributed by atoms with van der Waals surface area (Å²) in [6.45, 7) is 0. The minimum atomic E-state index is 0.926. The molecular weight excluding hydrogens is 919 g/mol. The normalized spacial score (nSPS) is 12.2. The van der Waals surface area contributed by atoms with Gasteiger partial charge in [-0.25, -0.2) is 9.97 Å². The molecule has 0 N–H and O–H groups in total. The maximum Gasteiger partial charge on any atom is 0.0709 e. The van der Waals surface area contributed by atoms with Crippen LogP contribution in [0.3, 0.4) is 0 Å². The van der Waals surface area contributed by atoms with Gasteiger partial charge in [-0.3, -0.25) is 4.98 Å². The zero-order valence-electron chi connectivity index (χ0n) is 42.6. The van der Waals surface area contributed by atoms with Crippen LogP contribution in [-0.2, 0) is 25.7 Å². The third kappa shape index (κ3) is 11.0. The van der Waals surface area contributed by atoms with Crippen molar-refractivity contribution in [3.05, 3.63) is 307 Å². The van der Waals surface area contributed by atoms with Gasteiger partial charge in [0.1, 0.15) is 0 Å². The first-order chi connectivity index (χ1) is 37.6. The van der Waals surface area contributed by atoms with Crippen molar-refractivity contribution in [3.8, 4) is 78.5 Å². The van der Waals surface area contributed by atoms with E-state index in [0.717, 1.165) is 94.8 Å². The highest BCUT2D eigenvalue weighted by molar-refractivity contribution is 6.09. The largest absolute Gasteiger partial charge is 0.256 e. The number of hydrogen-bond donors (Lipinski definition) is 0. The van der Waals surface area contributed by atoms with E-state index in [0.29, 0.717) is 0 Å². The summed E-state index contributed by atoms with van der Waals surface area (Å²) in [6, 6.07) is 91.6. The van der Waals surface area contributed by atoms with E-state index in [4.69, 9.17) is 15.0 Å². The summed E-state index contributed by atoms with van der Waals surface area (Å²) in [6.07, 6.45) is 12.5. The van der Waals surface area contributed by atoms with E-state index in [1.807, 2.05) is 24.4 Å². The Morgan fingerprint density at radius 3 is 1.17 bits per heavy atom. The van der Waals surface area contributed by atoms with Crippen LogP contribution in [0, 0.1) is 0 Å². The van der Waals surface area contributed by atoms with Gasteiger partial charge in [0.05, 0.1) is 28.5 Å². The number of hydrogen-bond acceptors (Lipinski definition) is 3. The van der Waals surface area contributed by atoms with Crippen molar-refractivity contribution in [2.24, 2.45) is 0 Å². The van der Waals surface area contributed by atoms with E-state index in [-0.39, 0.29) is 0 Å². The third-order valence-electron chi connectivity index (χ3n) is 14.6. The fourth-order valence-corrected chi connectivity index (χ4v) is 10.6. The van der Waals surface area contributed by atoms with Gasteiger partial charge in [-0.15, -0.1) is 0 Å². The molecule has 0 amide bonds. The number of allylic oxidation sites excluding steroid dienone is 4. The molecule has 0 unspecified atom stereocenters. The summed E-state index contributed by atoms with van der Waals surface area (Å²) in [7, 11) is 0. The molecule has 3 nitrogen and oxygen atoms in total. The van der Waals surface area contributed by atoms with Crippen LogP contribution in [0.2, 0.25) is 0 Å². The molecule has 0 saturated carbocycles. The summed E-state index contributed by atoms with van der Waals surface area (Å²) >= 11 is 0. The maximum absolute atomic E-state index is 5.04. The molecule has 0 aliphatic heterocycles. The van der Waals surface area contributed by atoms with E-state index in [9.17, 15) is 0 Å². The van der Waals surface area contributed by atoms with Crippen LogP contribution in [-0.4, -0.2) is 15.0 Å². The molecule has 11 aromatic rings. The minimum absolute atomic E-state index is 0.926. The zero-order chi connectivity index (χ0) is 50.9. The number of aromatic nitrogens is 3. The lowest BCUT2D eigenvalue weighted by Gasteiger charge is -2.22. The molecule has 364 valence electrons. The summed E-state index contributed by atoms with van der Waals surface area (Å²) in [5, 5.41) is 0. The van der Waals surface area contributed by atoms with E-state index >= 15 is 0 Å². The Morgan fingerprint density at radius 1 is 0.250 bits per heavy atom. The summed E-state index contributed by atoms with van der Waals surface area (Å²) < 4.78 is 0. The first-order valence-corrected chi connectivity index (χ1v) is 26.6. The fourth-order valence-electron chi connectivity index (χ4n) is 10.6. The first kappa shape index (κ1) is 47.7. The lowest BCUT2D eigenvalue weighted by atomic mass is 9.82. The topological polar surface area (TPSA) is 38.7 Å². The van der Waals surface area contributed by atoms with Crippen molar-refractivity contribution in [1.82, 2.24) is 15.0 Å². The maximum atomic E-state index is 5.04. The molecule has 3 heterocycles. The zero-order valence-corrected chi connectivity index (χ0v) is 42.6. The van der Waals surface area contributed by atoms with Gasteiger partial charge in [0.25, 0.3) is 0 Å². The van der Waals surface area contributed by atoms with Gasteiger partial charge < -0.3 is 0 Å². The molecule has 3 heteroatoms. The van der Waals surface area contributed by atoms with Crippen molar-refractivity contribution in [2.75, 3.05) is 0 Å². The van der Waals surface area contributed by atoms with Crippen LogP contribution in [0.1, 0.15) is 46.2 Å². The van der Waals surface area contributed by atoms with Crippen molar-refractivity contribution >= 4 is 11.1 Å². The highest BCUT2D eigenvalue weighted by atomic mass is 14.7. The molecule has 8 aromatic carbocycles.